The summed E-state index contributed by atoms with van der Waals surface area (Å²) in [6, 6.07) is 0.762. The van der Waals surface area contributed by atoms with E-state index in [4.69, 9.17) is 0 Å². The molecule has 0 radical (unpaired) electrons. The summed E-state index contributed by atoms with van der Waals surface area (Å²) >= 11 is 0. The first-order valence-corrected chi connectivity index (χ1v) is 6.70. The Balaban J connectivity index is 2.28. The first kappa shape index (κ1) is 13.0. The molecule has 0 bridgehead atoms. The largest absolute Gasteiger partial charge is 0.318 e. The lowest BCUT2D eigenvalue weighted by Gasteiger charge is -2.37. The predicted molar refractivity (Wildman–Crippen MR) is 67.2 cm³/mol. The molecular formula is C13H28N2. The molecule has 2 nitrogen and oxygen atoms in total. The molecule has 0 aromatic carbocycles. The zero-order valence-electron chi connectivity index (χ0n) is 10.8. The lowest BCUT2D eigenvalue weighted by Crippen LogP contribution is -2.45. The number of rotatable bonds is 6. The van der Waals surface area contributed by atoms with Crippen molar-refractivity contribution in [3.05, 3.63) is 0 Å². The Hall–Kier alpha value is -0.0800. The topological polar surface area (TPSA) is 15.3 Å². The van der Waals surface area contributed by atoms with E-state index in [9.17, 15) is 0 Å². The highest BCUT2D eigenvalue weighted by molar-refractivity contribution is 4.78. The van der Waals surface area contributed by atoms with Crippen molar-refractivity contribution in [2.24, 2.45) is 5.92 Å². The van der Waals surface area contributed by atoms with E-state index in [1.165, 1.54) is 45.2 Å². The van der Waals surface area contributed by atoms with Crippen molar-refractivity contribution in [1.82, 2.24) is 10.2 Å². The van der Waals surface area contributed by atoms with Crippen molar-refractivity contribution in [2.75, 3.05) is 26.7 Å². The molecule has 1 atom stereocenters. The van der Waals surface area contributed by atoms with E-state index in [0.29, 0.717) is 0 Å². The van der Waals surface area contributed by atoms with E-state index in [1.807, 2.05) is 0 Å². The van der Waals surface area contributed by atoms with Crippen molar-refractivity contribution < 1.29 is 0 Å². The molecule has 0 aliphatic carbocycles. The van der Waals surface area contributed by atoms with E-state index < -0.39 is 0 Å². The number of hydrogen-bond acceptors (Lipinski definition) is 2. The highest BCUT2D eigenvalue weighted by atomic mass is 15.2. The van der Waals surface area contributed by atoms with Crippen LogP contribution in [-0.2, 0) is 0 Å². The van der Waals surface area contributed by atoms with Crippen molar-refractivity contribution in [3.63, 3.8) is 0 Å². The highest BCUT2D eigenvalue weighted by Crippen LogP contribution is 2.23. The molecule has 15 heavy (non-hydrogen) atoms. The minimum Gasteiger partial charge on any atom is -0.318 e. The van der Waals surface area contributed by atoms with Crippen LogP contribution in [-0.4, -0.2) is 37.6 Å². The number of likely N-dealkylation sites (tertiary alicyclic amines) is 1. The quantitative estimate of drug-likeness (QED) is 0.728. The van der Waals surface area contributed by atoms with Crippen LogP contribution in [0.25, 0.3) is 0 Å². The lowest BCUT2D eigenvalue weighted by atomic mass is 9.91. The molecule has 1 N–H and O–H groups in total. The Bertz CT molecular complexity index is 151. The molecule has 0 aromatic heterocycles. The average molecular weight is 212 g/mol. The Labute approximate surface area is 95.4 Å². The van der Waals surface area contributed by atoms with Gasteiger partial charge in [0, 0.05) is 12.6 Å². The number of nitrogens with zero attached hydrogens (tertiary/aromatic N) is 1. The van der Waals surface area contributed by atoms with Crippen LogP contribution in [0.15, 0.2) is 0 Å². The second-order valence-corrected chi connectivity index (χ2v) is 4.89. The van der Waals surface area contributed by atoms with Gasteiger partial charge in [0.15, 0.2) is 0 Å². The van der Waals surface area contributed by atoms with Crippen LogP contribution in [0.1, 0.15) is 46.0 Å². The van der Waals surface area contributed by atoms with Crippen LogP contribution in [0.3, 0.4) is 0 Å². The minimum atomic E-state index is 0.762. The van der Waals surface area contributed by atoms with E-state index >= 15 is 0 Å². The molecule has 0 spiro atoms. The zero-order valence-corrected chi connectivity index (χ0v) is 10.8. The van der Waals surface area contributed by atoms with E-state index in [0.717, 1.165) is 18.5 Å². The SMILES string of the molecule is CCCC1CCN(C(CC)CNC)CC1. The van der Waals surface area contributed by atoms with Gasteiger partial charge in [0.25, 0.3) is 0 Å². The van der Waals surface area contributed by atoms with Gasteiger partial charge in [-0.15, -0.1) is 0 Å². The molecule has 1 saturated heterocycles. The molecule has 2 heteroatoms. The Kier molecular flexibility index (Phi) is 6.26. The van der Waals surface area contributed by atoms with E-state index in [1.54, 1.807) is 0 Å². The summed E-state index contributed by atoms with van der Waals surface area (Å²) < 4.78 is 0. The van der Waals surface area contributed by atoms with Crippen LogP contribution in [0.2, 0.25) is 0 Å². The van der Waals surface area contributed by atoms with Gasteiger partial charge in [-0.05, 0) is 45.3 Å². The van der Waals surface area contributed by atoms with Crippen molar-refractivity contribution in [2.45, 2.75) is 52.0 Å². The molecule has 1 unspecified atom stereocenters. The van der Waals surface area contributed by atoms with Gasteiger partial charge in [-0.1, -0.05) is 26.7 Å². The van der Waals surface area contributed by atoms with Gasteiger partial charge in [-0.25, -0.2) is 0 Å². The molecule has 0 amide bonds. The second-order valence-electron chi connectivity index (χ2n) is 4.89. The third-order valence-corrected chi connectivity index (χ3v) is 3.77. The van der Waals surface area contributed by atoms with Crippen LogP contribution in [0.5, 0.6) is 0 Å². The molecule has 90 valence electrons. The molecule has 0 aromatic rings. The van der Waals surface area contributed by atoms with Gasteiger partial charge in [0.1, 0.15) is 0 Å². The maximum Gasteiger partial charge on any atom is 0.0217 e. The Morgan fingerprint density at radius 2 is 1.93 bits per heavy atom. The van der Waals surface area contributed by atoms with Crippen molar-refractivity contribution in [3.8, 4) is 0 Å². The fourth-order valence-corrected chi connectivity index (χ4v) is 2.78. The summed E-state index contributed by atoms with van der Waals surface area (Å²) in [5, 5.41) is 3.31. The van der Waals surface area contributed by atoms with Crippen molar-refractivity contribution in [1.29, 1.82) is 0 Å². The monoisotopic (exact) mass is 212 g/mol. The summed E-state index contributed by atoms with van der Waals surface area (Å²) in [6.07, 6.45) is 6.93. The second kappa shape index (κ2) is 7.24. The van der Waals surface area contributed by atoms with Crippen molar-refractivity contribution >= 4 is 0 Å². The Morgan fingerprint density at radius 1 is 1.27 bits per heavy atom. The number of hydrogen-bond donors (Lipinski definition) is 1. The molecule has 0 saturated carbocycles. The molecule has 1 heterocycles. The average Bonchev–Trinajstić information content (AvgIpc) is 2.28. The normalized spacial score (nSPS) is 21.8. The fourth-order valence-electron chi connectivity index (χ4n) is 2.78. The maximum atomic E-state index is 3.31. The summed E-state index contributed by atoms with van der Waals surface area (Å²) in [4.78, 5) is 2.68. The van der Waals surface area contributed by atoms with Gasteiger partial charge in [-0.2, -0.15) is 0 Å². The first-order chi connectivity index (χ1) is 7.31. The molecule has 1 aliphatic rings. The summed E-state index contributed by atoms with van der Waals surface area (Å²) in [5.74, 6) is 1.01. The summed E-state index contributed by atoms with van der Waals surface area (Å²) in [5.41, 5.74) is 0. The lowest BCUT2D eigenvalue weighted by molar-refractivity contribution is 0.125. The number of nitrogens with one attached hydrogen (secondary N) is 1. The zero-order chi connectivity index (χ0) is 11.1. The fraction of sp³-hybridized carbons (Fsp3) is 1.00. The van der Waals surface area contributed by atoms with Gasteiger partial charge < -0.3 is 5.32 Å². The van der Waals surface area contributed by atoms with Crippen LogP contribution in [0, 0.1) is 5.92 Å². The Morgan fingerprint density at radius 3 is 2.40 bits per heavy atom. The third kappa shape index (κ3) is 4.12. The summed E-state index contributed by atoms with van der Waals surface area (Å²) in [7, 11) is 2.06. The van der Waals surface area contributed by atoms with Crippen LogP contribution in [0.4, 0.5) is 0 Å². The molecular weight excluding hydrogens is 184 g/mol. The highest BCUT2D eigenvalue weighted by Gasteiger charge is 2.22. The molecule has 1 aliphatic heterocycles. The maximum absolute atomic E-state index is 3.31. The van der Waals surface area contributed by atoms with Gasteiger partial charge in [0.2, 0.25) is 0 Å². The number of piperidine rings is 1. The van der Waals surface area contributed by atoms with E-state index in [2.05, 4.69) is 31.1 Å². The smallest absolute Gasteiger partial charge is 0.0217 e. The van der Waals surface area contributed by atoms with E-state index in [-0.39, 0.29) is 0 Å². The summed E-state index contributed by atoms with van der Waals surface area (Å²) in [6.45, 7) is 8.41. The van der Waals surface area contributed by atoms with Gasteiger partial charge in [-0.3, -0.25) is 4.90 Å². The standard InChI is InChI=1S/C13H28N2/c1-4-6-12-7-9-15(10-8-12)13(5-2)11-14-3/h12-14H,4-11H2,1-3H3. The number of likely N-dealkylation sites (N-methyl/N-ethyl adjacent to an activating group) is 1. The first-order valence-electron chi connectivity index (χ1n) is 6.70. The molecule has 1 fully saturated rings. The molecule has 1 rings (SSSR count). The van der Waals surface area contributed by atoms with Crippen LogP contribution < -0.4 is 5.32 Å². The minimum absolute atomic E-state index is 0.762. The van der Waals surface area contributed by atoms with Gasteiger partial charge in [0.05, 0.1) is 0 Å². The predicted octanol–water partition coefficient (Wildman–Crippen LogP) is 2.50. The van der Waals surface area contributed by atoms with Gasteiger partial charge >= 0.3 is 0 Å². The third-order valence-electron chi connectivity index (χ3n) is 3.77. The van der Waals surface area contributed by atoms with Crippen LogP contribution >= 0.6 is 0 Å².